The number of thiazole rings is 1. The number of alkyl halides is 4. The third kappa shape index (κ3) is 5.06. The van der Waals surface area contributed by atoms with Crippen LogP contribution >= 0.6 is 11.3 Å². The summed E-state index contributed by atoms with van der Waals surface area (Å²) in [5.74, 6) is -2.42. The van der Waals surface area contributed by atoms with Crippen molar-refractivity contribution in [3.05, 3.63) is 35.4 Å². The van der Waals surface area contributed by atoms with Gasteiger partial charge in [0.25, 0.3) is 0 Å². The first-order valence-corrected chi connectivity index (χ1v) is 15.8. The number of fused-ring (bicyclic) bond motifs is 3. The maximum Gasteiger partial charge on any atom is 0.417 e. The number of hydrogen-bond donors (Lipinski definition) is 1. The molecule has 3 saturated heterocycles. The molecular formula is C31H29F6N7OS. The van der Waals surface area contributed by atoms with Crippen molar-refractivity contribution in [2.24, 2.45) is 11.8 Å². The summed E-state index contributed by atoms with van der Waals surface area (Å²) >= 11 is 0.744. The number of piperidine rings is 1. The fourth-order valence-corrected chi connectivity index (χ4v) is 8.12. The third-order valence-electron chi connectivity index (χ3n) is 9.58. The maximum absolute atomic E-state index is 16.8. The van der Waals surface area contributed by atoms with E-state index in [4.69, 9.17) is 10.5 Å². The quantitative estimate of drug-likeness (QED) is 0.235. The van der Waals surface area contributed by atoms with E-state index in [-0.39, 0.29) is 82.6 Å². The molecule has 3 aliphatic rings. The number of aromatic nitrogens is 3. The van der Waals surface area contributed by atoms with Crippen LogP contribution in [0.3, 0.4) is 0 Å². The van der Waals surface area contributed by atoms with Gasteiger partial charge in [-0.3, -0.25) is 4.90 Å². The number of benzene rings is 2. The van der Waals surface area contributed by atoms with Gasteiger partial charge < -0.3 is 15.4 Å². The average Bonchev–Trinajstić information content (AvgIpc) is 3.67. The Balaban J connectivity index is 1.42. The van der Waals surface area contributed by atoms with E-state index in [0.717, 1.165) is 36.0 Å². The van der Waals surface area contributed by atoms with Crippen molar-refractivity contribution >= 4 is 43.4 Å². The molecule has 242 valence electrons. The van der Waals surface area contributed by atoms with Crippen molar-refractivity contribution < 1.29 is 31.1 Å². The fourth-order valence-electron chi connectivity index (χ4n) is 7.35. The lowest BCUT2D eigenvalue weighted by Gasteiger charge is -2.35. The van der Waals surface area contributed by atoms with Gasteiger partial charge in [0, 0.05) is 42.6 Å². The molecule has 2 unspecified atom stereocenters. The summed E-state index contributed by atoms with van der Waals surface area (Å²) in [6.45, 7) is 3.46. The highest BCUT2D eigenvalue weighted by Crippen LogP contribution is 2.47. The van der Waals surface area contributed by atoms with Crippen LogP contribution in [0.15, 0.2) is 18.2 Å². The van der Waals surface area contributed by atoms with E-state index in [0.29, 0.717) is 19.4 Å². The Bertz CT molecular complexity index is 1890. The smallest absolute Gasteiger partial charge is 0.417 e. The van der Waals surface area contributed by atoms with E-state index < -0.39 is 46.2 Å². The molecule has 2 N–H and O–H groups in total. The Labute approximate surface area is 263 Å². The van der Waals surface area contributed by atoms with Crippen molar-refractivity contribution in [2.75, 3.05) is 43.4 Å². The molecule has 4 aromatic rings. The number of nitriles is 1. The summed E-state index contributed by atoms with van der Waals surface area (Å²) in [6.07, 6.45) is -3.81. The summed E-state index contributed by atoms with van der Waals surface area (Å²) in [5.41, 5.74) is 2.13. The van der Waals surface area contributed by atoms with E-state index in [2.05, 4.69) is 21.0 Å². The van der Waals surface area contributed by atoms with E-state index in [1.807, 2.05) is 11.8 Å². The van der Waals surface area contributed by atoms with Crippen LogP contribution in [0.1, 0.15) is 38.2 Å². The van der Waals surface area contributed by atoms with Crippen LogP contribution < -0.4 is 15.4 Å². The molecule has 2 aromatic heterocycles. The second-order valence-corrected chi connectivity index (χ2v) is 13.5. The number of nitrogen functional groups attached to an aromatic ring is 1. The lowest BCUT2D eigenvalue weighted by molar-refractivity contribution is -0.137. The largest absolute Gasteiger partial charge is 0.461 e. The number of rotatable bonds is 5. The minimum Gasteiger partial charge on any atom is -0.461 e. The molecule has 5 heterocycles. The van der Waals surface area contributed by atoms with Crippen LogP contribution in [-0.4, -0.2) is 64.3 Å². The van der Waals surface area contributed by atoms with Gasteiger partial charge >= 0.3 is 12.2 Å². The molecule has 4 atom stereocenters. The SMILES string of the molecule is CC1CN(c2nc(OC[C@@]34CCCN3C[C@H](F)C4)nc3c(F)c(-c4ccc(F)c5sc(N)nc45)c(C(F)(F)F)cc23)CCC1C#N. The lowest BCUT2D eigenvalue weighted by atomic mass is 9.88. The molecule has 8 nitrogen and oxygen atoms in total. The zero-order valence-electron chi connectivity index (χ0n) is 24.7. The van der Waals surface area contributed by atoms with E-state index >= 15 is 4.39 Å². The topological polar surface area (TPSA) is 104 Å². The van der Waals surface area contributed by atoms with E-state index in [1.165, 1.54) is 0 Å². The summed E-state index contributed by atoms with van der Waals surface area (Å²) in [5, 5.41) is 9.26. The van der Waals surface area contributed by atoms with Crippen molar-refractivity contribution in [1.82, 2.24) is 19.9 Å². The Morgan fingerprint density at radius 2 is 1.96 bits per heavy atom. The molecule has 0 spiro atoms. The number of ether oxygens (including phenoxy) is 1. The van der Waals surface area contributed by atoms with Crippen LogP contribution in [-0.2, 0) is 6.18 Å². The van der Waals surface area contributed by atoms with Gasteiger partial charge in [0.1, 0.15) is 29.9 Å². The fraction of sp³-hybridized carbons (Fsp3) is 0.484. The Kier molecular flexibility index (Phi) is 7.43. The summed E-state index contributed by atoms with van der Waals surface area (Å²) in [6, 6.07) is 4.81. The molecule has 3 fully saturated rings. The highest BCUT2D eigenvalue weighted by atomic mass is 32.1. The number of nitrogens with zero attached hydrogens (tertiary/aromatic N) is 6. The Hall–Kier alpha value is -3.90. The molecule has 2 aromatic carbocycles. The van der Waals surface area contributed by atoms with Gasteiger partial charge in [-0.1, -0.05) is 18.3 Å². The van der Waals surface area contributed by atoms with Crippen molar-refractivity contribution in [1.29, 1.82) is 5.26 Å². The molecule has 0 saturated carbocycles. The van der Waals surface area contributed by atoms with Gasteiger partial charge in [-0.25, -0.2) is 18.2 Å². The number of nitrogens with two attached hydrogens (primary N) is 1. The molecule has 3 aliphatic heterocycles. The van der Waals surface area contributed by atoms with Crippen molar-refractivity contribution in [3.8, 4) is 23.2 Å². The van der Waals surface area contributed by atoms with Crippen LogP contribution in [0.2, 0.25) is 0 Å². The summed E-state index contributed by atoms with van der Waals surface area (Å²) in [4.78, 5) is 16.6. The van der Waals surface area contributed by atoms with Gasteiger partial charge in [0.2, 0.25) is 0 Å². The standard InChI is InChI=1S/C31H29F6N7OS/c1-15-12-43(8-5-16(15)11-38)27-19-9-20(31(35,36)37)22(18-3-4-21(33)26-25(18)40-28(39)46-26)23(34)24(19)41-29(42-27)45-14-30-6-2-7-44(30)13-17(32)10-30/h3-4,9,15-17H,2,5-8,10,12-14H2,1H3,(H2,39,40)/t15?,16?,17-,30+/m1/s1. The van der Waals surface area contributed by atoms with Gasteiger partial charge in [-0.2, -0.15) is 28.4 Å². The highest BCUT2D eigenvalue weighted by Gasteiger charge is 2.49. The minimum absolute atomic E-state index is 0.0249. The van der Waals surface area contributed by atoms with Gasteiger partial charge in [-0.05, 0) is 49.9 Å². The predicted octanol–water partition coefficient (Wildman–Crippen LogP) is 6.73. The number of halogens is 6. The van der Waals surface area contributed by atoms with Crippen LogP contribution in [0.5, 0.6) is 6.01 Å². The Morgan fingerprint density at radius 3 is 2.70 bits per heavy atom. The lowest BCUT2D eigenvalue weighted by Crippen LogP contribution is -2.43. The van der Waals surface area contributed by atoms with Gasteiger partial charge in [0.05, 0.1) is 33.3 Å². The van der Waals surface area contributed by atoms with Gasteiger partial charge in [0.15, 0.2) is 10.9 Å². The zero-order chi connectivity index (χ0) is 32.5. The van der Waals surface area contributed by atoms with Crippen LogP contribution in [0.4, 0.5) is 37.3 Å². The van der Waals surface area contributed by atoms with Crippen molar-refractivity contribution in [3.63, 3.8) is 0 Å². The first-order chi connectivity index (χ1) is 21.9. The zero-order valence-corrected chi connectivity index (χ0v) is 25.5. The minimum atomic E-state index is -5.03. The van der Waals surface area contributed by atoms with Crippen molar-refractivity contribution in [2.45, 2.75) is 50.5 Å². The molecule has 46 heavy (non-hydrogen) atoms. The summed E-state index contributed by atoms with van der Waals surface area (Å²) in [7, 11) is 0. The third-order valence-corrected chi connectivity index (χ3v) is 10.5. The summed E-state index contributed by atoms with van der Waals surface area (Å²) < 4.78 is 96.1. The molecule has 7 rings (SSSR count). The normalized spacial score (nSPS) is 25.3. The van der Waals surface area contributed by atoms with Crippen LogP contribution in [0, 0.1) is 34.8 Å². The molecule has 15 heteroatoms. The first kappa shape index (κ1) is 30.7. The number of hydrogen-bond acceptors (Lipinski definition) is 9. The molecule has 0 bridgehead atoms. The predicted molar refractivity (Wildman–Crippen MR) is 161 cm³/mol. The molecule has 0 radical (unpaired) electrons. The second kappa shape index (κ2) is 11.1. The first-order valence-electron chi connectivity index (χ1n) is 15.0. The Morgan fingerprint density at radius 1 is 1.15 bits per heavy atom. The maximum atomic E-state index is 16.8. The second-order valence-electron chi connectivity index (χ2n) is 12.5. The van der Waals surface area contributed by atoms with Crippen LogP contribution in [0.25, 0.3) is 32.2 Å². The number of anilines is 2. The van der Waals surface area contributed by atoms with E-state index in [9.17, 15) is 27.2 Å². The monoisotopic (exact) mass is 661 g/mol. The van der Waals surface area contributed by atoms with E-state index in [1.54, 1.807) is 4.90 Å². The molecule has 0 aliphatic carbocycles. The average molecular weight is 662 g/mol. The molecular weight excluding hydrogens is 632 g/mol. The molecule has 0 amide bonds. The van der Waals surface area contributed by atoms with Gasteiger partial charge in [-0.15, -0.1) is 0 Å². The highest BCUT2D eigenvalue weighted by molar-refractivity contribution is 7.22.